The molecule has 1 aromatic heterocycles. The second-order valence-electron chi connectivity index (χ2n) is 4.05. The summed E-state index contributed by atoms with van der Waals surface area (Å²) in [5.74, 6) is 0.498. The van der Waals surface area contributed by atoms with Crippen molar-refractivity contribution < 1.29 is 9.66 Å². The number of aryl methyl sites for hydroxylation is 1. The van der Waals surface area contributed by atoms with Crippen LogP contribution in [-0.2, 0) is 0 Å². The first-order chi connectivity index (χ1) is 8.49. The fourth-order valence-corrected chi connectivity index (χ4v) is 1.76. The van der Waals surface area contributed by atoms with Gasteiger partial charge in [-0.3, -0.25) is 20.8 Å². The van der Waals surface area contributed by atoms with Crippen LogP contribution in [0.5, 0.6) is 5.75 Å². The van der Waals surface area contributed by atoms with E-state index in [9.17, 15) is 10.1 Å². The minimum atomic E-state index is -0.490. The molecule has 94 valence electrons. The largest absolute Gasteiger partial charge is 0.475 e. The number of nitro groups is 1. The Balaban J connectivity index is 2.67. The monoisotopic (exact) mass is 247 g/mol. The maximum absolute atomic E-state index is 10.9. The molecule has 0 amide bonds. The minimum Gasteiger partial charge on any atom is -0.475 e. The lowest BCUT2D eigenvalue weighted by molar-refractivity contribution is -0.385. The molecule has 0 aliphatic carbocycles. The van der Waals surface area contributed by atoms with Crippen LogP contribution in [0.25, 0.3) is 10.9 Å². The molecule has 0 saturated carbocycles. The average Bonchev–Trinajstić information content (AvgIpc) is 2.27. The molecular formula is C12H13N3O3. The highest BCUT2D eigenvalue weighted by Crippen LogP contribution is 2.30. The zero-order chi connectivity index (χ0) is 13.3. The van der Waals surface area contributed by atoms with Gasteiger partial charge in [0, 0.05) is 23.2 Å². The molecule has 6 heteroatoms. The molecule has 18 heavy (non-hydrogen) atoms. The van der Waals surface area contributed by atoms with Gasteiger partial charge in [-0.05, 0) is 26.0 Å². The molecule has 1 unspecified atom stereocenters. The Morgan fingerprint density at radius 2 is 2.22 bits per heavy atom. The molecular weight excluding hydrogens is 234 g/mol. The molecule has 0 aliphatic rings. The Hall–Kier alpha value is -2.21. The first-order valence-corrected chi connectivity index (χ1v) is 5.45. The lowest BCUT2D eigenvalue weighted by Gasteiger charge is -2.12. The summed E-state index contributed by atoms with van der Waals surface area (Å²) >= 11 is 0. The van der Waals surface area contributed by atoms with Crippen LogP contribution in [-0.4, -0.2) is 16.1 Å². The minimum absolute atomic E-state index is 0.0463. The summed E-state index contributed by atoms with van der Waals surface area (Å²) < 4.78 is 5.42. The summed E-state index contributed by atoms with van der Waals surface area (Å²) in [6.07, 6.45) is 1.10. The van der Waals surface area contributed by atoms with Crippen molar-refractivity contribution >= 4 is 16.6 Å². The maximum Gasteiger partial charge on any atom is 0.273 e. The molecule has 6 nitrogen and oxygen atoms in total. The number of nitro benzene ring substituents is 1. The van der Waals surface area contributed by atoms with Gasteiger partial charge >= 0.3 is 0 Å². The van der Waals surface area contributed by atoms with Gasteiger partial charge in [-0.15, -0.1) is 0 Å². The normalized spacial score (nSPS) is 12.4. The average molecular weight is 247 g/mol. The number of fused-ring (bicyclic) bond motifs is 1. The molecule has 0 bridgehead atoms. The summed E-state index contributed by atoms with van der Waals surface area (Å²) in [6.45, 7) is 3.37. The smallest absolute Gasteiger partial charge is 0.273 e. The number of benzene rings is 1. The van der Waals surface area contributed by atoms with Crippen LogP contribution in [0.4, 0.5) is 5.69 Å². The van der Waals surface area contributed by atoms with Gasteiger partial charge in [0.2, 0.25) is 0 Å². The van der Waals surface area contributed by atoms with E-state index in [1.165, 1.54) is 6.07 Å². The van der Waals surface area contributed by atoms with Crippen LogP contribution in [0.2, 0.25) is 0 Å². The third kappa shape index (κ3) is 2.23. The van der Waals surface area contributed by atoms with Crippen LogP contribution in [0.15, 0.2) is 24.4 Å². The topological polar surface area (TPSA) is 91.3 Å². The number of hydrogen-bond donors (Lipinski definition) is 1. The lowest BCUT2D eigenvalue weighted by Crippen LogP contribution is -2.22. The Morgan fingerprint density at radius 3 is 2.83 bits per heavy atom. The zero-order valence-corrected chi connectivity index (χ0v) is 10.1. The molecule has 1 atom stereocenters. The number of ether oxygens (including phenoxy) is 1. The number of nitrogens with zero attached hydrogens (tertiary/aromatic N) is 2. The van der Waals surface area contributed by atoms with E-state index in [1.807, 2.05) is 0 Å². The van der Waals surface area contributed by atoms with E-state index < -0.39 is 11.2 Å². The number of hydrogen-bond acceptors (Lipinski definition) is 5. The van der Waals surface area contributed by atoms with E-state index in [-0.39, 0.29) is 5.69 Å². The first-order valence-electron chi connectivity index (χ1n) is 5.45. The molecule has 0 saturated heterocycles. The lowest BCUT2D eigenvalue weighted by atomic mass is 10.1. The van der Waals surface area contributed by atoms with Crippen molar-refractivity contribution in [1.29, 1.82) is 0 Å². The third-order valence-corrected chi connectivity index (χ3v) is 2.53. The van der Waals surface area contributed by atoms with E-state index >= 15 is 0 Å². The second-order valence-corrected chi connectivity index (χ2v) is 4.05. The summed E-state index contributed by atoms with van der Waals surface area (Å²) in [7, 11) is 0. The SMILES string of the molecule is Cc1cc2nccc(OC(C)N)c2cc1[N+](=O)[O-]. The van der Waals surface area contributed by atoms with Gasteiger partial charge in [-0.25, -0.2) is 0 Å². The fourth-order valence-electron chi connectivity index (χ4n) is 1.76. The predicted octanol–water partition coefficient (Wildman–Crippen LogP) is 2.13. The summed E-state index contributed by atoms with van der Waals surface area (Å²) in [5.41, 5.74) is 6.83. The summed E-state index contributed by atoms with van der Waals surface area (Å²) in [5, 5.41) is 11.5. The highest BCUT2D eigenvalue weighted by Gasteiger charge is 2.15. The third-order valence-electron chi connectivity index (χ3n) is 2.53. The van der Waals surface area contributed by atoms with E-state index in [1.54, 1.807) is 32.2 Å². The Labute approximate surface area is 104 Å². The summed E-state index contributed by atoms with van der Waals surface area (Å²) in [6, 6.07) is 4.78. The van der Waals surface area contributed by atoms with Gasteiger partial charge in [-0.1, -0.05) is 0 Å². The van der Waals surface area contributed by atoms with Gasteiger partial charge < -0.3 is 4.74 Å². The molecule has 2 aromatic rings. The van der Waals surface area contributed by atoms with Crippen molar-refractivity contribution in [3.63, 3.8) is 0 Å². The van der Waals surface area contributed by atoms with Crippen molar-refractivity contribution in [2.75, 3.05) is 0 Å². The maximum atomic E-state index is 10.9. The van der Waals surface area contributed by atoms with Crippen LogP contribution in [0.1, 0.15) is 12.5 Å². The molecule has 1 heterocycles. The van der Waals surface area contributed by atoms with E-state index in [0.29, 0.717) is 22.2 Å². The quantitative estimate of drug-likeness (QED) is 0.509. The number of pyridine rings is 1. The van der Waals surface area contributed by atoms with Gasteiger partial charge in [0.15, 0.2) is 0 Å². The Morgan fingerprint density at radius 1 is 1.50 bits per heavy atom. The molecule has 0 radical (unpaired) electrons. The Kier molecular flexibility index (Phi) is 3.12. The highest BCUT2D eigenvalue weighted by atomic mass is 16.6. The molecule has 0 aliphatic heterocycles. The first kappa shape index (κ1) is 12.3. The van der Waals surface area contributed by atoms with Crippen molar-refractivity contribution in [2.45, 2.75) is 20.1 Å². The van der Waals surface area contributed by atoms with Gasteiger partial charge in [0.05, 0.1) is 10.4 Å². The second kappa shape index (κ2) is 4.58. The van der Waals surface area contributed by atoms with E-state index in [2.05, 4.69) is 4.98 Å². The number of aromatic nitrogens is 1. The standard InChI is InChI=1S/C12H13N3O3/c1-7-5-10-9(6-11(7)15(16)17)12(3-4-14-10)18-8(2)13/h3-6,8H,13H2,1-2H3. The fraction of sp³-hybridized carbons (Fsp3) is 0.250. The predicted molar refractivity (Wildman–Crippen MR) is 67.4 cm³/mol. The van der Waals surface area contributed by atoms with Crippen LogP contribution in [0.3, 0.4) is 0 Å². The van der Waals surface area contributed by atoms with Crippen LogP contribution in [0, 0.1) is 17.0 Å². The van der Waals surface area contributed by atoms with E-state index in [0.717, 1.165) is 0 Å². The molecule has 2 N–H and O–H groups in total. The molecule has 1 aromatic carbocycles. The zero-order valence-electron chi connectivity index (χ0n) is 10.1. The van der Waals surface area contributed by atoms with Crippen LogP contribution < -0.4 is 10.5 Å². The van der Waals surface area contributed by atoms with Crippen molar-refractivity contribution in [3.8, 4) is 5.75 Å². The van der Waals surface area contributed by atoms with Gasteiger partial charge in [-0.2, -0.15) is 0 Å². The highest BCUT2D eigenvalue weighted by molar-refractivity contribution is 5.88. The van der Waals surface area contributed by atoms with Gasteiger partial charge in [0.25, 0.3) is 5.69 Å². The van der Waals surface area contributed by atoms with Crippen molar-refractivity contribution in [2.24, 2.45) is 5.73 Å². The molecule has 0 fully saturated rings. The van der Waals surface area contributed by atoms with Crippen LogP contribution >= 0.6 is 0 Å². The molecule has 2 rings (SSSR count). The van der Waals surface area contributed by atoms with Crippen molar-refractivity contribution in [1.82, 2.24) is 4.98 Å². The number of nitrogens with two attached hydrogens (primary N) is 1. The number of rotatable bonds is 3. The molecule has 0 spiro atoms. The Bertz CT molecular complexity index is 611. The summed E-state index contributed by atoms with van der Waals surface area (Å²) in [4.78, 5) is 14.7. The van der Waals surface area contributed by atoms with Gasteiger partial charge in [0.1, 0.15) is 12.0 Å². The van der Waals surface area contributed by atoms with Crippen molar-refractivity contribution in [3.05, 3.63) is 40.1 Å². The van der Waals surface area contributed by atoms with E-state index in [4.69, 9.17) is 10.5 Å².